The van der Waals surface area contributed by atoms with Crippen molar-refractivity contribution < 1.29 is 8.78 Å². The van der Waals surface area contributed by atoms with Gasteiger partial charge in [0.1, 0.15) is 0 Å². The van der Waals surface area contributed by atoms with Crippen molar-refractivity contribution in [2.24, 2.45) is 0 Å². The molecular weight excluding hydrogens is 268 g/mol. The van der Waals surface area contributed by atoms with Gasteiger partial charge in [0.2, 0.25) is 0 Å². The summed E-state index contributed by atoms with van der Waals surface area (Å²) >= 11 is 6.01. The summed E-state index contributed by atoms with van der Waals surface area (Å²) in [5.74, 6) is -1.82. The van der Waals surface area contributed by atoms with Gasteiger partial charge in [0.25, 0.3) is 0 Å². The highest BCUT2D eigenvalue weighted by molar-refractivity contribution is 6.33. The first kappa shape index (κ1) is 14.0. The predicted molar refractivity (Wildman–Crippen MR) is 74.2 cm³/mol. The van der Waals surface area contributed by atoms with E-state index in [4.69, 9.17) is 11.6 Å². The average molecular weight is 282 g/mol. The summed E-state index contributed by atoms with van der Waals surface area (Å²) in [5, 5.41) is 3.42. The van der Waals surface area contributed by atoms with E-state index in [1.165, 1.54) is 0 Å². The zero-order valence-corrected chi connectivity index (χ0v) is 11.3. The summed E-state index contributed by atoms with van der Waals surface area (Å²) < 4.78 is 26.5. The fourth-order valence-electron chi connectivity index (χ4n) is 1.93. The highest BCUT2D eigenvalue weighted by atomic mass is 35.5. The molecule has 0 aliphatic heterocycles. The summed E-state index contributed by atoms with van der Waals surface area (Å²) in [6.45, 7) is 3.50. The molecule has 0 saturated carbocycles. The van der Waals surface area contributed by atoms with Crippen molar-refractivity contribution >= 4 is 11.6 Å². The zero-order valence-electron chi connectivity index (χ0n) is 10.5. The van der Waals surface area contributed by atoms with Crippen LogP contribution in [-0.2, 0) is 6.54 Å². The summed E-state index contributed by atoms with van der Waals surface area (Å²) in [7, 11) is 0. The molecule has 4 heteroatoms. The van der Waals surface area contributed by atoms with Crippen molar-refractivity contribution in [1.82, 2.24) is 5.32 Å². The van der Waals surface area contributed by atoms with Crippen molar-refractivity contribution in [2.75, 3.05) is 6.54 Å². The van der Waals surface area contributed by atoms with Gasteiger partial charge in [0, 0.05) is 12.1 Å². The summed E-state index contributed by atoms with van der Waals surface area (Å²) in [6.07, 6.45) is 0. The van der Waals surface area contributed by atoms with Gasteiger partial charge in [-0.3, -0.25) is 0 Å². The Bertz CT molecular complexity index is 584. The molecule has 0 amide bonds. The van der Waals surface area contributed by atoms with E-state index in [2.05, 4.69) is 5.32 Å². The quantitative estimate of drug-likeness (QED) is 0.820. The molecular formula is C15H14ClF2N. The zero-order chi connectivity index (χ0) is 13.8. The van der Waals surface area contributed by atoms with Crippen molar-refractivity contribution in [3.05, 3.63) is 58.6 Å². The molecule has 0 fully saturated rings. The molecule has 100 valence electrons. The third kappa shape index (κ3) is 3.11. The van der Waals surface area contributed by atoms with E-state index in [0.717, 1.165) is 29.8 Å². The molecule has 0 unspecified atom stereocenters. The standard InChI is InChI=1S/C15H14ClF2N/c1-2-19-9-10-5-3-4-6-11(10)12-7-14(17)15(18)8-13(12)16/h3-8,19H,2,9H2,1H3. The molecule has 0 spiro atoms. The molecule has 1 nitrogen and oxygen atoms in total. The first-order valence-corrected chi connectivity index (χ1v) is 6.44. The Hall–Kier alpha value is -1.45. The van der Waals surface area contributed by atoms with E-state index in [1.54, 1.807) is 0 Å². The lowest BCUT2D eigenvalue weighted by molar-refractivity contribution is 0.509. The van der Waals surface area contributed by atoms with E-state index in [1.807, 2.05) is 31.2 Å². The molecule has 0 aromatic heterocycles. The number of hydrogen-bond acceptors (Lipinski definition) is 1. The van der Waals surface area contributed by atoms with E-state index >= 15 is 0 Å². The van der Waals surface area contributed by atoms with Crippen LogP contribution in [0.3, 0.4) is 0 Å². The number of nitrogens with one attached hydrogen (secondary N) is 1. The molecule has 0 radical (unpaired) electrons. The Morgan fingerprint density at radius 1 is 1.05 bits per heavy atom. The lowest BCUT2D eigenvalue weighted by atomic mass is 9.99. The third-order valence-corrected chi connectivity index (χ3v) is 3.20. The average Bonchev–Trinajstić information content (AvgIpc) is 2.41. The Morgan fingerprint density at radius 3 is 2.47 bits per heavy atom. The molecule has 19 heavy (non-hydrogen) atoms. The van der Waals surface area contributed by atoms with Gasteiger partial charge in [-0.05, 0) is 29.8 Å². The van der Waals surface area contributed by atoms with Gasteiger partial charge in [-0.15, -0.1) is 0 Å². The highest BCUT2D eigenvalue weighted by Crippen LogP contribution is 2.32. The molecule has 0 atom stereocenters. The Balaban J connectivity index is 2.49. The predicted octanol–water partition coefficient (Wildman–Crippen LogP) is 4.39. The Morgan fingerprint density at radius 2 is 1.74 bits per heavy atom. The minimum Gasteiger partial charge on any atom is -0.313 e. The first-order valence-electron chi connectivity index (χ1n) is 6.07. The van der Waals surface area contributed by atoms with Gasteiger partial charge in [0.15, 0.2) is 11.6 Å². The van der Waals surface area contributed by atoms with Crippen LogP contribution in [-0.4, -0.2) is 6.54 Å². The van der Waals surface area contributed by atoms with Gasteiger partial charge < -0.3 is 5.32 Å². The second-order valence-corrected chi connectivity index (χ2v) is 4.59. The maximum absolute atomic E-state index is 13.4. The van der Waals surface area contributed by atoms with Gasteiger partial charge >= 0.3 is 0 Å². The normalized spacial score (nSPS) is 10.7. The van der Waals surface area contributed by atoms with Crippen molar-refractivity contribution in [2.45, 2.75) is 13.5 Å². The molecule has 0 saturated heterocycles. The second kappa shape index (κ2) is 6.13. The van der Waals surface area contributed by atoms with Crippen LogP contribution in [0.4, 0.5) is 8.78 Å². The topological polar surface area (TPSA) is 12.0 Å². The van der Waals surface area contributed by atoms with E-state index in [-0.39, 0.29) is 5.02 Å². The lowest BCUT2D eigenvalue weighted by Crippen LogP contribution is -2.12. The third-order valence-electron chi connectivity index (χ3n) is 2.88. The summed E-state index contributed by atoms with van der Waals surface area (Å²) in [6, 6.07) is 9.70. The molecule has 0 bridgehead atoms. The SMILES string of the molecule is CCNCc1ccccc1-c1cc(F)c(F)cc1Cl. The second-order valence-electron chi connectivity index (χ2n) is 4.18. The molecule has 0 heterocycles. The molecule has 0 aliphatic rings. The highest BCUT2D eigenvalue weighted by Gasteiger charge is 2.12. The number of rotatable bonds is 4. The van der Waals surface area contributed by atoms with Crippen LogP contribution >= 0.6 is 11.6 Å². The van der Waals surface area contributed by atoms with Crippen molar-refractivity contribution in [1.29, 1.82) is 0 Å². The Kier molecular flexibility index (Phi) is 4.51. The van der Waals surface area contributed by atoms with Gasteiger partial charge in [-0.25, -0.2) is 8.78 Å². The van der Waals surface area contributed by atoms with E-state index < -0.39 is 11.6 Å². The maximum Gasteiger partial charge on any atom is 0.160 e. The maximum atomic E-state index is 13.4. The fraction of sp³-hybridized carbons (Fsp3) is 0.200. The molecule has 1 N–H and O–H groups in total. The van der Waals surface area contributed by atoms with Crippen LogP contribution < -0.4 is 5.32 Å². The van der Waals surface area contributed by atoms with Gasteiger partial charge in [-0.1, -0.05) is 42.8 Å². The Labute approximate surface area is 116 Å². The molecule has 0 aliphatic carbocycles. The van der Waals surface area contributed by atoms with Crippen molar-refractivity contribution in [3.63, 3.8) is 0 Å². The van der Waals surface area contributed by atoms with Crippen LogP contribution in [0.2, 0.25) is 5.02 Å². The van der Waals surface area contributed by atoms with E-state index in [9.17, 15) is 8.78 Å². The van der Waals surface area contributed by atoms with Crippen LogP contribution in [0.15, 0.2) is 36.4 Å². The van der Waals surface area contributed by atoms with Crippen LogP contribution in [0, 0.1) is 11.6 Å². The van der Waals surface area contributed by atoms with Crippen LogP contribution in [0.25, 0.3) is 11.1 Å². The molecule has 2 rings (SSSR count). The monoisotopic (exact) mass is 281 g/mol. The largest absolute Gasteiger partial charge is 0.313 e. The number of hydrogen-bond donors (Lipinski definition) is 1. The molecule has 2 aromatic carbocycles. The van der Waals surface area contributed by atoms with Crippen LogP contribution in [0.5, 0.6) is 0 Å². The first-order chi connectivity index (χ1) is 9.13. The van der Waals surface area contributed by atoms with E-state index in [0.29, 0.717) is 12.1 Å². The summed E-state index contributed by atoms with van der Waals surface area (Å²) in [5.41, 5.74) is 2.32. The minimum absolute atomic E-state index is 0.211. The number of benzene rings is 2. The minimum atomic E-state index is -0.932. The van der Waals surface area contributed by atoms with Crippen molar-refractivity contribution in [3.8, 4) is 11.1 Å². The lowest BCUT2D eigenvalue weighted by Gasteiger charge is -2.12. The molecule has 2 aromatic rings. The summed E-state index contributed by atoms with van der Waals surface area (Å²) in [4.78, 5) is 0. The smallest absolute Gasteiger partial charge is 0.160 e. The number of halogens is 3. The van der Waals surface area contributed by atoms with Gasteiger partial charge in [-0.2, -0.15) is 0 Å². The van der Waals surface area contributed by atoms with Crippen LogP contribution in [0.1, 0.15) is 12.5 Å². The fourth-order valence-corrected chi connectivity index (χ4v) is 2.18. The van der Waals surface area contributed by atoms with Gasteiger partial charge in [0.05, 0.1) is 5.02 Å².